The van der Waals surface area contributed by atoms with Crippen LogP contribution in [0.3, 0.4) is 0 Å². The van der Waals surface area contributed by atoms with E-state index in [4.69, 9.17) is 4.74 Å². The number of hydrogen-bond acceptors (Lipinski definition) is 5. The molecule has 2 rings (SSSR count). The van der Waals surface area contributed by atoms with Gasteiger partial charge >= 0.3 is 5.97 Å². The maximum atomic E-state index is 12.4. The highest BCUT2D eigenvalue weighted by atomic mass is 32.2. The molecule has 1 heterocycles. The summed E-state index contributed by atoms with van der Waals surface area (Å²) in [5.41, 5.74) is 1.27. The van der Waals surface area contributed by atoms with E-state index >= 15 is 0 Å². The van der Waals surface area contributed by atoms with Crippen LogP contribution in [0, 0.1) is 0 Å². The lowest BCUT2D eigenvalue weighted by Crippen LogP contribution is -2.27. The molecule has 0 unspecified atom stereocenters. The van der Waals surface area contributed by atoms with Crippen LogP contribution in [0.1, 0.15) is 50.5 Å². The van der Waals surface area contributed by atoms with Gasteiger partial charge in [-0.2, -0.15) is 0 Å². The second kappa shape index (κ2) is 11.2. The third-order valence-electron chi connectivity index (χ3n) is 4.60. The highest BCUT2D eigenvalue weighted by molar-refractivity contribution is 8.01. The Kier molecular flexibility index (Phi) is 8.92. The van der Waals surface area contributed by atoms with E-state index in [1.54, 1.807) is 27.2 Å². The molecule has 164 valence electrons. The Bertz CT molecular complexity index is 847. The average molecular weight is 434 g/mol. The zero-order valence-electron chi connectivity index (χ0n) is 18.1. The third-order valence-corrected chi connectivity index (χ3v) is 5.80. The highest BCUT2D eigenvalue weighted by Gasteiger charge is 2.28. The molecule has 1 amide bonds. The number of carbonyl (C=O) groups is 2. The number of carboxylic acids is 1. The predicted molar refractivity (Wildman–Crippen MR) is 119 cm³/mol. The number of methoxy groups -OCH3 is 1. The summed E-state index contributed by atoms with van der Waals surface area (Å²) in [6, 6.07) is 7.64. The van der Waals surface area contributed by atoms with E-state index in [-0.39, 0.29) is 5.91 Å². The second-order valence-corrected chi connectivity index (χ2v) is 9.24. The molecule has 2 N–H and O–H groups in total. The Labute approximate surface area is 182 Å². The summed E-state index contributed by atoms with van der Waals surface area (Å²) in [6.07, 6.45) is 5.02. The van der Waals surface area contributed by atoms with Crippen LogP contribution in [0.15, 0.2) is 35.4 Å². The number of unbranched alkanes of at least 4 members (excludes halogenated alkanes) is 2. The van der Waals surface area contributed by atoms with Crippen LogP contribution in [-0.2, 0) is 16.1 Å². The third kappa shape index (κ3) is 6.60. The van der Waals surface area contributed by atoms with Crippen LogP contribution in [0.5, 0.6) is 0 Å². The number of rotatable bonds is 12. The fraction of sp³-hybridized carbons (Fsp3) is 0.500. The van der Waals surface area contributed by atoms with Gasteiger partial charge in [0.2, 0.25) is 0 Å². The molecule has 0 aliphatic rings. The minimum absolute atomic E-state index is 0.224. The first-order valence-electron chi connectivity index (χ1n) is 10.2. The molecule has 0 fully saturated rings. The second-order valence-electron chi connectivity index (χ2n) is 7.54. The zero-order valence-corrected chi connectivity index (χ0v) is 18.9. The molecule has 0 aliphatic heterocycles. The summed E-state index contributed by atoms with van der Waals surface area (Å²) in [6.45, 7) is 7.18. The van der Waals surface area contributed by atoms with Gasteiger partial charge in [0.25, 0.3) is 5.91 Å². The summed E-state index contributed by atoms with van der Waals surface area (Å²) < 4.78 is 6.08. The van der Waals surface area contributed by atoms with Crippen LogP contribution in [0.25, 0.3) is 11.4 Å². The first-order valence-corrected chi connectivity index (χ1v) is 11.0. The van der Waals surface area contributed by atoms with Crippen molar-refractivity contribution in [3.63, 3.8) is 0 Å². The SMILES string of the molecule is CCCCCn1cc(C(=O)NCCOC)nc1-c1ccc(SC(C)(C)C(=O)O)cc1. The Morgan fingerprint density at radius 2 is 1.93 bits per heavy atom. The van der Waals surface area contributed by atoms with Gasteiger partial charge in [-0.3, -0.25) is 9.59 Å². The summed E-state index contributed by atoms with van der Waals surface area (Å²) in [4.78, 5) is 29.2. The van der Waals surface area contributed by atoms with E-state index in [1.807, 2.05) is 28.8 Å². The van der Waals surface area contributed by atoms with Gasteiger partial charge in [-0.15, -0.1) is 11.8 Å². The van der Waals surface area contributed by atoms with Gasteiger partial charge in [0.15, 0.2) is 0 Å². The number of aryl methyl sites for hydroxylation is 1. The van der Waals surface area contributed by atoms with E-state index < -0.39 is 10.7 Å². The minimum atomic E-state index is -0.909. The maximum absolute atomic E-state index is 12.4. The monoisotopic (exact) mass is 433 g/mol. The number of amides is 1. The molecular formula is C22H31N3O4S. The number of carboxylic acid groups (broad SMARTS) is 1. The molecule has 0 saturated carbocycles. The van der Waals surface area contributed by atoms with Gasteiger partial charge in [0.1, 0.15) is 16.3 Å². The lowest BCUT2D eigenvalue weighted by molar-refractivity contribution is -0.138. The molecule has 0 bridgehead atoms. The topological polar surface area (TPSA) is 93.5 Å². The smallest absolute Gasteiger partial charge is 0.319 e. The number of hydrogen-bond donors (Lipinski definition) is 2. The largest absolute Gasteiger partial charge is 0.480 e. The summed E-state index contributed by atoms with van der Waals surface area (Å²) in [7, 11) is 1.59. The standard InChI is InChI=1S/C22H31N3O4S/c1-5-6-7-13-25-15-18(20(26)23-12-14-29-4)24-19(25)16-8-10-17(11-9-16)30-22(2,3)21(27)28/h8-11,15H,5-7,12-14H2,1-4H3,(H,23,26)(H,27,28). The quantitative estimate of drug-likeness (QED) is 0.387. The van der Waals surface area contributed by atoms with Crippen LogP contribution in [0.2, 0.25) is 0 Å². The first kappa shape index (κ1) is 24.0. The maximum Gasteiger partial charge on any atom is 0.319 e. The normalized spacial score (nSPS) is 11.5. The van der Waals surface area contributed by atoms with Crippen LogP contribution in [-0.4, -0.2) is 51.5 Å². The minimum Gasteiger partial charge on any atom is -0.480 e. The lowest BCUT2D eigenvalue weighted by atomic mass is 10.2. The Hall–Kier alpha value is -2.32. The zero-order chi connectivity index (χ0) is 22.1. The van der Waals surface area contributed by atoms with Gasteiger partial charge in [-0.1, -0.05) is 31.9 Å². The van der Waals surface area contributed by atoms with Crippen molar-refractivity contribution in [2.75, 3.05) is 20.3 Å². The van der Waals surface area contributed by atoms with Crippen molar-refractivity contribution in [1.29, 1.82) is 0 Å². The molecule has 0 radical (unpaired) electrons. The number of thioether (sulfide) groups is 1. The Balaban J connectivity index is 2.24. The van der Waals surface area contributed by atoms with E-state index in [0.29, 0.717) is 18.8 Å². The van der Waals surface area contributed by atoms with Crippen molar-refractivity contribution in [2.24, 2.45) is 0 Å². The number of aromatic nitrogens is 2. The van der Waals surface area contributed by atoms with Crippen molar-refractivity contribution in [1.82, 2.24) is 14.9 Å². The Morgan fingerprint density at radius 3 is 2.53 bits per heavy atom. The number of nitrogens with one attached hydrogen (secondary N) is 1. The van der Waals surface area contributed by atoms with Crippen LogP contribution < -0.4 is 5.32 Å². The number of benzene rings is 1. The van der Waals surface area contributed by atoms with Crippen molar-refractivity contribution < 1.29 is 19.4 Å². The van der Waals surface area contributed by atoms with Gasteiger partial charge in [-0.05, 0) is 32.4 Å². The van der Waals surface area contributed by atoms with E-state index in [9.17, 15) is 14.7 Å². The van der Waals surface area contributed by atoms with Crippen LogP contribution >= 0.6 is 11.8 Å². The first-order chi connectivity index (χ1) is 14.3. The number of aliphatic carboxylic acids is 1. The molecule has 8 heteroatoms. The molecule has 7 nitrogen and oxygen atoms in total. The fourth-order valence-corrected chi connectivity index (χ4v) is 3.77. The molecular weight excluding hydrogens is 402 g/mol. The van der Waals surface area contributed by atoms with Gasteiger partial charge in [0, 0.05) is 36.9 Å². The fourth-order valence-electron chi connectivity index (χ4n) is 2.83. The van der Waals surface area contributed by atoms with Gasteiger partial charge < -0.3 is 19.7 Å². The highest BCUT2D eigenvalue weighted by Crippen LogP contribution is 2.33. The van der Waals surface area contributed by atoms with Gasteiger partial charge in [0.05, 0.1) is 6.61 Å². The molecule has 1 aromatic carbocycles. The van der Waals surface area contributed by atoms with Gasteiger partial charge in [-0.25, -0.2) is 4.98 Å². The number of nitrogens with zero attached hydrogens (tertiary/aromatic N) is 2. The van der Waals surface area contributed by atoms with Crippen molar-refractivity contribution in [3.8, 4) is 11.4 Å². The Morgan fingerprint density at radius 1 is 1.23 bits per heavy atom. The van der Waals surface area contributed by atoms with Crippen molar-refractivity contribution >= 4 is 23.6 Å². The molecule has 0 saturated heterocycles. The molecule has 30 heavy (non-hydrogen) atoms. The van der Waals surface area contributed by atoms with Crippen molar-refractivity contribution in [3.05, 3.63) is 36.2 Å². The number of ether oxygens (including phenoxy) is 1. The number of carbonyl (C=O) groups excluding carboxylic acids is 1. The molecule has 0 aliphatic carbocycles. The molecule has 0 atom stereocenters. The van der Waals surface area contributed by atoms with E-state index in [1.165, 1.54) is 11.8 Å². The van der Waals surface area contributed by atoms with E-state index in [0.717, 1.165) is 42.1 Å². The average Bonchev–Trinajstić information content (AvgIpc) is 3.13. The summed E-state index contributed by atoms with van der Waals surface area (Å²) >= 11 is 1.30. The summed E-state index contributed by atoms with van der Waals surface area (Å²) in [5.74, 6) is -0.345. The van der Waals surface area contributed by atoms with Crippen molar-refractivity contribution in [2.45, 2.75) is 56.2 Å². The molecule has 2 aromatic rings. The molecule has 1 aromatic heterocycles. The number of imidazole rings is 1. The van der Waals surface area contributed by atoms with Crippen LogP contribution in [0.4, 0.5) is 0 Å². The predicted octanol–water partition coefficient (Wildman–Crippen LogP) is 4.07. The molecule has 0 spiro atoms. The lowest BCUT2D eigenvalue weighted by Gasteiger charge is -2.18. The van der Waals surface area contributed by atoms with E-state index in [2.05, 4.69) is 17.2 Å². The summed E-state index contributed by atoms with van der Waals surface area (Å²) in [5, 5.41) is 12.1.